The van der Waals surface area contributed by atoms with Gasteiger partial charge < -0.3 is 0 Å². The maximum absolute atomic E-state index is 4.60. The van der Waals surface area contributed by atoms with Crippen molar-refractivity contribution in [1.82, 2.24) is 0 Å². The first kappa shape index (κ1) is 22.6. The van der Waals surface area contributed by atoms with Crippen LogP contribution >= 0.6 is 0 Å². The van der Waals surface area contributed by atoms with Gasteiger partial charge in [0.2, 0.25) is 0 Å². The minimum atomic E-state index is 1.34. The summed E-state index contributed by atoms with van der Waals surface area (Å²) in [6.45, 7) is 14.1. The van der Waals surface area contributed by atoms with Crippen LogP contribution in [0, 0.1) is 12.3 Å². The monoisotopic (exact) mass is 172 g/mol. The average Bonchev–Trinajstić information content (AvgIpc) is 2.14. The van der Waals surface area contributed by atoms with Crippen molar-refractivity contribution in [2.24, 2.45) is 0 Å². The summed E-state index contributed by atoms with van der Waals surface area (Å²) in [6, 6.07) is 0. The van der Waals surface area contributed by atoms with Gasteiger partial charge in [-0.3, -0.25) is 0 Å². The van der Waals surface area contributed by atoms with Crippen LogP contribution in [-0.4, -0.2) is 0 Å². The van der Waals surface area contributed by atoms with Gasteiger partial charge in [-0.1, -0.05) is 60.8 Å². The van der Waals surface area contributed by atoms with E-state index in [1.54, 1.807) is 6.92 Å². The van der Waals surface area contributed by atoms with Crippen LogP contribution in [-0.2, 0) is 0 Å². The normalized spacial score (nSPS) is 5.17. The fraction of sp³-hybridized carbons (Fsp3) is 0.833. The summed E-state index contributed by atoms with van der Waals surface area (Å²) in [7, 11) is 0. The van der Waals surface area contributed by atoms with E-state index in [1.807, 2.05) is 27.7 Å². The average molecular weight is 172 g/mol. The lowest BCUT2D eigenvalue weighted by molar-refractivity contribution is 0.772. The molecule has 0 amide bonds. The zero-order valence-corrected chi connectivity index (χ0v) is 10.2. The molecule has 0 rings (SSSR count). The van der Waals surface area contributed by atoms with E-state index < -0.39 is 0 Å². The predicted molar refractivity (Wildman–Crippen MR) is 62.4 cm³/mol. The maximum atomic E-state index is 4.60. The standard InChI is InChI=1S/C5H12.C3H4.2C2H6/c1-3-5-4-2;1-3-2;2*1-2/h3-5H2,1-2H3;1H,2H3;2*1-2H3. The summed E-state index contributed by atoms with van der Waals surface area (Å²) in [6.07, 6.45) is 8.67. The Balaban J connectivity index is -0.0000000397. The fourth-order valence-corrected chi connectivity index (χ4v) is 0.354. The summed E-state index contributed by atoms with van der Waals surface area (Å²) in [5.74, 6) is 2.25. The molecule has 0 aromatic heterocycles. The van der Waals surface area contributed by atoms with Gasteiger partial charge in [0.15, 0.2) is 0 Å². The van der Waals surface area contributed by atoms with Crippen LogP contribution in [0.15, 0.2) is 0 Å². The van der Waals surface area contributed by atoms with E-state index in [9.17, 15) is 0 Å². The lowest BCUT2D eigenvalue weighted by Crippen LogP contribution is -1.59. The van der Waals surface area contributed by atoms with Crippen molar-refractivity contribution >= 4 is 0 Å². The van der Waals surface area contributed by atoms with E-state index in [0.29, 0.717) is 0 Å². The molecular formula is C12H28. The van der Waals surface area contributed by atoms with Crippen molar-refractivity contribution in [2.75, 3.05) is 0 Å². The first-order valence-corrected chi connectivity index (χ1v) is 5.20. The summed E-state index contributed by atoms with van der Waals surface area (Å²) in [4.78, 5) is 0. The molecule has 76 valence electrons. The molecule has 0 radical (unpaired) electrons. The number of hydrogen-bond donors (Lipinski definition) is 0. The van der Waals surface area contributed by atoms with Crippen LogP contribution in [0.4, 0.5) is 0 Å². The van der Waals surface area contributed by atoms with Crippen LogP contribution < -0.4 is 0 Å². The van der Waals surface area contributed by atoms with E-state index in [0.717, 1.165) is 0 Å². The SMILES string of the molecule is C#CC.CC.CC.CCCCC. The van der Waals surface area contributed by atoms with E-state index in [4.69, 9.17) is 0 Å². The highest BCUT2D eigenvalue weighted by atomic mass is 13.7. The van der Waals surface area contributed by atoms with Crippen LogP contribution in [0.5, 0.6) is 0 Å². The van der Waals surface area contributed by atoms with Gasteiger partial charge in [-0.2, -0.15) is 0 Å². The Morgan fingerprint density at radius 2 is 1.08 bits per heavy atom. The quantitative estimate of drug-likeness (QED) is 0.520. The first-order valence-electron chi connectivity index (χ1n) is 5.20. The van der Waals surface area contributed by atoms with Gasteiger partial charge >= 0.3 is 0 Å². The molecule has 0 bridgehead atoms. The lowest BCUT2D eigenvalue weighted by atomic mass is 10.3. The van der Waals surface area contributed by atoms with Gasteiger partial charge in [0.05, 0.1) is 0 Å². The Morgan fingerprint density at radius 3 is 1.08 bits per heavy atom. The topological polar surface area (TPSA) is 0 Å². The van der Waals surface area contributed by atoms with E-state index in [1.165, 1.54) is 19.3 Å². The molecular weight excluding hydrogens is 144 g/mol. The van der Waals surface area contributed by atoms with Gasteiger partial charge in [-0.05, 0) is 6.92 Å². The zero-order valence-electron chi connectivity index (χ0n) is 10.2. The molecule has 0 aliphatic rings. The largest absolute Gasteiger partial charge is 0.120 e. The second-order valence-electron chi connectivity index (χ2n) is 1.64. The van der Waals surface area contributed by atoms with E-state index in [-0.39, 0.29) is 0 Å². The number of unbranched alkanes of at least 4 members (excludes halogenated alkanes) is 2. The van der Waals surface area contributed by atoms with Crippen LogP contribution in [0.1, 0.15) is 67.7 Å². The van der Waals surface area contributed by atoms with Crippen molar-refractivity contribution < 1.29 is 0 Å². The molecule has 12 heavy (non-hydrogen) atoms. The Kier molecular flexibility index (Phi) is 143. The van der Waals surface area contributed by atoms with Crippen molar-refractivity contribution in [3.8, 4) is 12.3 Å². The number of rotatable bonds is 2. The Labute approximate surface area is 80.8 Å². The van der Waals surface area contributed by atoms with Crippen LogP contribution in [0.3, 0.4) is 0 Å². The van der Waals surface area contributed by atoms with Gasteiger partial charge in [0.1, 0.15) is 0 Å². The summed E-state index contributed by atoms with van der Waals surface area (Å²) in [5.41, 5.74) is 0. The Bertz CT molecular complexity index is 45.5. The maximum Gasteiger partial charge on any atom is -0.00297 e. The minimum absolute atomic E-state index is 1.34. The molecule has 0 saturated carbocycles. The highest BCUT2D eigenvalue weighted by Crippen LogP contribution is 1.88. The Hall–Kier alpha value is -0.440. The summed E-state index contributed by atoms with van der Waals surface area (Å²) in [5, 5.41) is 0. The Morgan fingerprint density at radius 1 is 0.917 bits per heavy atom. The molecule has 0 saturated heterocycles. The molecule has 0 heteroatoms. The van der Waals surface area contributed by atoms with Gasteiger partial charge in [-0.15, -0.1) is 12.3 Å². The second kappa shape index (κ2) is 76.2. The van der Waals surface area contributed by atoms with Crippen molar-refractivity contribution in [2.45, 2.75) is 67.7 Å². The smallest absolute Gasteiger partial charge is 0.00297 e. The molecule has 0 aromatic rings. The molecule has 0 nitrogen and oxygen atoms in total. The summed E-state index contributed by atoms with van der Waals surface area (Å²) < 4.78 is 0. The van der Waals surface area contributed by atoms with Gasteiger partial charge in [0, 0.05) is 0 Å². The number of terminal acetylenes is 1. The van der Waals surface area contributed by atoms with Crippen molar-refractivity contribution in [3.63, 3.8) is 0 Å². The molecule has 0 heterocycles. The highest BCUT2D eigenvalue weighted by Gasteiger charge is 1.68. The van der Waals surface area contributed by atoms with Gasteiger partial charge in [0.25, 0.3) is 0 Å². The van der Waals surface area contributed by atoms with Crippen molar-refractivity contribution in [1.29, 1.82) is 0 Å². The van der Waals surface area contributed by atoms with Crippen LogP contribution in [0.2, 0.25) is 0 Å². The third-order valence-corrected chi connectivity index (χ3v) is 0.707. The molecule has 0 N–H and O–H groups in total. The molecule has 0 atom stereocenters. The summed E-state index contributed by atoms with van der Waals surface area (Å²) >= 11 is 0. The predicted octanol–water partition coefficient (Wildman–Crippen LogP) is 4.89. The van der Waals surface area contributed by atoms with Gasteiger partial charge in [-0.25, -0.2) is 0 Å². The fourth-order valence-electron chi connectivity index (χ4n) is 0.354. The molecule has 0 unspecified atom stereocenters. The second-order valence-corrected chi connectivity index (χ2v) is 1.64. The highest BCUT2D eigenvalue weighted by molar-refractivity contribution is 4.73. The number of hydrogen-bond acceptors (Lipinski definition) is 0. The molecule has 0 fully saturated rings. The molecule has 0 aliphatic carbocycles. The third-order valence-electron chi connectivity index (χ3n) is 0.707. The van der Waals surface area contributed by atoms with E-state index >= 15 is 0 Å². The van der Waals surface area contributed by atoms with Crippen molar-refractivity contribution in [3.05, 3.63) is 0 Å². The lowest BCUT2D eigenvalue weighted by Gasteiger charge is -1.79. The van der Waals surface area contributed by atoms with E-state index in [2.05, 4.69) is 26.2 Å². The first-order chi connectivity index (χ1) is 5.83. The molecule has 0 aliphatic heterocycles. The third kappa shape index (κ3) is 288. The zero-order chi connectivity index (χ0) is 10.8. The minimum Gasteiger partial charge on any atom is -0.120 e. The molecule has 0 spiro atoms. The molecule has 0 aromatic carbocycles. The van der Waals surface area contributed by atoms with Crippen LogP contribution in [0.25, 0.3) is 0 Å².